The Labute approximate surface area is 174 Å². The molecule has 0 radical (unpaired) electrons. The van der Waals surface area contributed by atoms with Gasteiger partial charge in [-0.05, 0) is 54.3 Å². The average Bonchev–Trinajstić information content (AvgIpc) is 2.71. The largest absolute Gasteiger partial charge is 0.462 e. The SMILES string of the molecule is CC(=O)NCCc1ccc(O[C@@H]2O[C@@H](C)[C@@H](O)[C@@H](O)[C@H]2O)cc1-c1cccc(F)c1. The van der Waals surface area contributed by atoms with Crippen LogP contribution in [0.5, 0.6) is 5.75 Å². The number of aliphatic hydroxyl groups is 3. The smallest absolute Gasteiger partial charge is 0.229 e. The number of hydrogen-bond acceptors (Lipinski definition) is 6. The predicted octanol–water partition coefficient (Wildman–Crippen LogP) is 1.38. The van der Waals surface area contributed by atoms with Crippen LogP contribution in [0.15, 0.2) is 42.5 Å². The molecule has 7 nitrogen and oxygen atoms in total. The number of benzene rings is 2. The van der Waals surface area contributed by atoms with E-state index in [0.717, 1.165) is 5.56 Å². The molecule has 0 saturated carbocycles. The van der Waals surface area contributed by atoms with E-state index in [-0.39, 0.29) is 11.7 Å². The van der Waals surface area contributed by atoms with Gasteiger partial charge in [-0.25, -0.2) is 4.39 Å². The van der Waals surface area contributed by atoms with Gasteiger partial charge in [0.05, 0.1) is 6.10 Å². The summed E-state index contributed by atoms with van der Waals surface area (Å²) in [6.45, 7) is 3.43. The summed E-state index contributed by atoms with van der Waals surface area (Å²) in [5.41, 5.74) is 2.21. The van der Waals surface area contributed by atoms with Gasteiger partial charge in [0.15, 0.2) is 0 Å². The minimum absolute atomic E-state index is 0.138. The van der Waals surface area contributed by atoms with Crippen molar-refractivity contribution in [2.24, 2.45) is 0 Å². The molecule has 1 amide bonds. The molecule has 0 aromatic heterocycles. The lowest BCUT2D eigenvalue weighted by Gasteiger charge is -2.38. The van der Waals surface area contributed by atoms with Crippen molar-refractivity contribution in [2.75, 3.05) is 6.54 Å². The van der Waals surface area contributed by atoms with Crippen molar-refractivity contribution in [1.29, 1.82) is 0 Å². The maximum atomic E-state index is 13.8. The van der Waals surface area contributed by atoms with Crippen molar-refractivity contribution < 1.29 is 34.0 Å². The van der Waals surface area contributed by atoms with Crippen LogP contribution >= 0.6 is 0 Å². The lowest BCUT2D eigenvalue weighted by molar-refractivity contribution is -0.268. The third-order valence-electron chi connectivity index (χ3n) is 5.05. The summed E-state index contributed by atoms with van der Waals surface area (Å²) >= 11 is 0. The second-order valence-corrected chi connectivity index (χ2v) is 7.36. The highest BCUT2D eigenvalue weighted by molar-refractivity contribution is 5.73. The summed E-state index contributed by atoms with van der Waals surface area (Å²) in [6.07, 6.45) is -5.45. The first-order valence-corrected chi connectivity index (χ1v) is 9.76. The Balaban J connectivity index is 1.87. The molecule has 5 atom stereocenters. The number of ether oxygens (including phenoxy) is 2. The van der Waals surface area contributed by atoms with Crippen molar-refractivity contribution in [2.45, 2.75) is 51.0 Å². The number of aliphatic hydroxyl groups excluding tert-OH is 3. The molecule has 2 aromatic rings. The van der Waals surface area contributed by atoms with E-state index in [1.54, 1.807) is 37.3 Å². The minimum atomic E-state index is -1.44. The number of carbonyl (C=O) groups excluding carboxylic acids is 1. The third kappa shape index (κ3) is 5.14. The summed E-state index contributed by atoms with van der Waals surface area (Å²) in [5.74, 6) is -0.179. The molecule has 8 heteroatoms. The first-order valence-electron chi connectivity index (χ1n) is 9.76. The zero-order chi connectivity index (χ0) is 21.8. The molecule has 1 aliphatic heterocycles. The maximum absolute atomic E-state index is 13.8. The number of rotatable bonds is 6. The topological polar surface area (TPSA) is 108 Å². The molecular formula is C22H26FNO6. The first-order chi connectivity index (χ1) is 14.3. The van der Waals surface area contributed by atoms with Gasteiger partial charge in [-0.15, -0.1) is 0 Å². The first kappa shape index (κ1) is 22.2. The molecule has 3 rings (SSSR count). The fourth-order valence-electron chi connectivity index (χ4n) is 3.39. The number of hydrogen-bond donors (Lipinski definition) is 4. The van der Waals surface area contributed by atoms with E-state index in [2.05, 4.69) is 5.32 Å². The van der Waals surface area contributed by atoms with Crippen LogP contribution in [0.1, 0.15) is 19.4 Å². The Kier molecular flexibility index (Phi) is 7.04. The highest BCUT2D eigenvalue weighted by atomic mass is 19.1. The molecule has 2 aromatic carbocycles. The van der Waals surface area contributed by atoms with E-state index in [1.165, 1.54) is 19.1 Å². The zero-order valence-corrected chi connectivity index (χ0v) is 16.8. The summed E-state index contributed by atoms with van der Waals surface area (Å²) < 4.78 is 25.0. The molecule has 1 aliphatic rings. The quantitative estimate of drug-likeness (QED) is 0.564. The van der Waals surface area contributed by atoms with E-state index in [9.17, 15) is 24.5 Å². The van der Waals surface area contributed by atoms with Crippen LogP contribution in [-0.4, -0.2) is 58.5 Å². The van der Waals surface area contributed by atoms with Gasteiger partial charge in [-0.1, -0.05) is 18.2 Å². The Bertz CT molecular complexity index is 892. The summed E-state index contributed by atoms with van der Waals surface area (Å²) in [7, 11) is 0. The van der Waals surface area contributed by atoms with E-state index >= 15 is 0 Å². The Morgan fingerprint density at radius 1 is 1.13 bits per heavy atom. The van der Waals surface area contributed by atoms with Gasteiger partial charge in [0.1, 0.15) is 29.9 Å². The molecular weight excluding hydrogens is 393 g/mol. The molecule has 0 bridgehead atoms. The molecule has 30 heavy (non-hydrogen) atoms. The van der Waals surface area contributed by atoms with Gasteiger partial charge in [-0.2, -0.15) is 0 Å². The molecule has 0 spiro atoms. The van der Waals surface area contributed by atoms with Crippen LogP contribution in [0.25, 0.3) is 11.1 Å². The molecule has 1 saturated heterocycles. The van der Waals surface area contributed by atoms with Gasteiger partial charge in [0.25, 0.3) is 0 Å². The monoisotopic (exact) mass is 419 g/mol. The van der Waals surface area contributed by atoms with Crippen LogP contribution in [-0.2, 0) is 16.0 Å². The number of amides is 1. The molecule has 1 fully saturated rings. The van der Waals surface area contributed by atoms with E-state index in [1.807, 2.05) is 0 Å². The summed E-state index contributed by atoms with van der Waals surface area (Å²) in [4.78, 5) is 11.2. The van der Waals surface area contributed by atoms with Crippen LogP contribution < -0.4 is 10.1 Å². The van der Waals surface area contributed by atoms with Crippen molar-refractivity contribution >= 4 is 5.91 Å². The Hall–Kier alpha value is -2.52. The molecule has 1 heterocycles. The third-order valence-corrected chi connectivity index (χ3v) is 5.05. The van der Waals surface area contributed by atoms with Crippen LogP contribution in [0.4, 0.5) is 4.39 Å². The van der Waals surface area contributed by atoms with E-state index in [0.29, 0.717) is 29.8 Å². The number of carbonyl (C=O) groups is 1. The number of halogens is 1. The normalized spacial score (nSPS) is 26.3. The van der Waals surface area contributed by atoms with Crippen molar-refractivity contribution in [3.05, 3.63) is 53.8 Å². The van der Waals surface area contributed by atoms with E-state index in [4.69, 9.17) is 9.47 Å². The highest BCUT2D eigenvalue weighted by Crippen LogP contribution is 2.31. The van der Waals surface area contributed by atoms with Crippen molar-refractivity contribution in [1.82, 2.24) is 5.32 Å². The molecule has 0 aliphatic carbocycles. The standard InChI is InChI=1S/C22H26FNO6/c1-12-19(26)20(27)21(28)22(29-12)30-17-7-6-14(8-9-24-13(2)25)18(11-17)15-4-3-5-16(23)10-15/h3-7,10-12,19-22,26-28H,8-9H2,1-2H3,(H,24,25)/t12-,19+,20+,21+,22-/m0/s1. The highest BCUT2D eigenvalue weighted by Gasteiger charge is 2.43. The lowest BCUT2D eigenvalue weighted by atomic mass is 9.97. The molecule has 162 valence electrons. The minimum Gasteiger partial charge on any atom is -0.462 e. The van der Waals surface area contributed by atoms with Crippen LogP contribution in [0.3, 0.4) is 0 Å². The van der Waals surface area contributed by atoms with Crippen LogP contribution in [0.2, 0.25) is 0 Å². The lowest BCUT2D eigenvalue weighted by Crippen LogP contribution is -2.58. The Morgan fingerprint density at radius 3 is 2.60 bits per heavy atom. The second kappa shape index (κ2) is 9.53. The van der Waals surface area contributed by atoms with Gasteiger partial charge in [0, 0.05) is 13.5 Å². The van der Waals surface area contributed by atoms with Gasteiger partial charge >= 0.3 is 0 Å². The fraction of sp³-hybridized carbons (Fsp3) is 0.409. The van der Waals surface area contributed by atoms with Gasteiger partial charge < -0.3 is 30.1 Å². The van der Waals surface area contributed by atoms with Crippen molar-refractivity contribution in [3.63, 3.8) is 0 Å². The molecule has 4 N–H and O–H groups in total. The average molecular weight is 419 g/mol. The second-order valence-electron chi connectivity index (χ2n) is 7.36. The predicted molar refractivity (Wildman–Crippen MR) is 107 cm³/mol. The zero-order valence-electron chi connectivity index (χ0n) is 16.8. The molecule has 0 unspecified atom stereocenters. The van der Waals surface area contributed by atoms with Crippen molar-refractivity contribution in [3.8, 4) is 16.9 Å². The number of nitrogens with one attached hydrogen (secondary N) is 1. The van der Waals surface area contributed by atoms with Gasteiger partial charge in [0.2, 0.25) is 12.2 Å². The van der Waals surface area contributed by atoms with Gasteiger partial charge in [-0.3, -0.25) is 4.79 Å². The van der Waals surface area contributed by atoms with E-state index < -0.39 is 30.7 Å². The maximum Gasteiger partial charge on any atom is 0.229 e. The fourth-order valence-corrected chi connectivity index (χ4v) is 3.39. The summed E-state index contributed by atoms with van der Waals surface area (Å²) in [5, 5.41) is 32.7. The van der Waals surface area contributed by atoms with Crippen LogP contribution in [0, 0.1) is 5.82 Å². The summed E-state index contributed by atoms with van der Waals surface area (Å²) in [6, 6.07) is 11.3. The Morgan fingerprint density at radius 2 is 1.90 bits per heavy atom.